The van der Waals surface area contributed by atoms with Gasteiger partial charge in [-0.05, 0) is 42.5 Å². The first kappa shape index (κ1) is 17.4. The zero-order chi connectivity index (χ0) is 18.4. The van der Waals surface area contributed by atoms with Crippen LogP contribution in [0.4, 0.5) is 17.1 Å². The van der Waals surface area contributed by atoms with Crippen molar-refractivity contribution >= 4 is 34.4 Å². The lowest BCUT2D eigenvalue weighted by molar-refractivity contribution is -0.384. The largest absolute Gasteiger partial charge is 0.455 e. The molecule has 6 nitrogen and oxygen atoms in total. The third-order valence-corrected chi connectivity index (χ3v) is 3.63. The van der Waals surface area contributed by atoms with Gasteiger partial charge in [-0.25, -0.2) is 0 Å². The molecule has 0 fully saturated rings. The Bertz CT molecular complexity index is 932. The lowest BCUT2D eigenvalue weighted by atomic mass is 10.2. The number of rotatable bonds is 5. The number of nitrogens with zero attached hydrogens (tertiary/aromatic N) is 1. The molecule has 0 radical (unpaired) electrons. The van der Waals surface area contributed by atoms with Crippen LogP contribution in [-0.2, 0) is 0 Å². The first-order valence-electron chi connectivity index (χ1n) is 7.76. The monoisotopic (exact) mass is 365 g/mol. The van der Waals surface area contributed by atoms with Crippen molar-refractivity contribution in [1.82, 2.24) is 0 Å². The summed E-state index contributed by atoms with van der Waals surface area (Å²) in [6.45, 7) is 0. The second-order valence-electron chi connectivity index (χ2n) is 5.30. The van der Waals surface area contributed by atoms with Gasteiger partial charge in [0.15, 0.2) is 10.9 Å². The van der Waals surface area contributed by atoms with Crippen LogP contribution < -0.4 is 15.4 Å². The molecule has 0 saturated carbocycles. The SMILES string of the molecule is O=[N+]([O-])c1cccc(NC(=S)Nc2ccccc2Oc2ccccc2)c1. The Morgan fingerprint density at radius 1 is 0.923 bits per heavy atom. The van der Waals surface area contributed by atoms with Crippen molar-refractivity contribution in [3.63, 3.8) is 0 Å². The summed E-state index contributed by atoms with van der Waals surface area (Å²) >= 11 is 5.30. The molecule has 0 saturated heterocycles. The van der Waals surface area contributed by atoms with Crippen molar-refractivity contribution in [3.8, 4) is 11.5 Å². The number of hydrogen-bond acceptors (Lipinski definition) is 4. The van der Waals surface area contributed by atoms with E-state index >= 15 is 0 Å². The van der Waals surface area contributed by atoms with Crippen LogP contribution in [-0.4, -0.2) is 10.0 Å². The Hall–Kier alpha value is -3.45. The quantitative estimate of drug-likeness (QED) is 0.368. The van der Waals surface area contributed by atoms with E-state index in [0.717, 1.165) is 0 Å². The highest BCUT2D eigenvalue weighted by Crippen LogP contribution is 2.29. The summed E-state index contributed by atoms with van der Waals surface area (Å²) in [6.07, 6.45) is 0. The molecule has 0 heterocycles. The predicted molar refractivity (Wildman–Crippen MR) is 106 cm³/mol. The van der Waals surface area contributed by atoms with Crippen molar-refractivity contribution in [2.24, 2.45) is 0 Å². The van der Waals surface area contributed by atoms with Crippen LogP contribution in [0.2, 0.25) is 0 Å². The molecule has 0 aliphatic carbocycles. The van der Waals surface area contributed by atoms with Gasteiger partial charge < -0.3 is 15.4 Å². The highest BCUT2D eigenvalue weighted by atomic mass is 32.1. The van der Waals surface area contributed by atoms with E-state index in [1.54, 1.807) is 12.1 Å². The molecule has 3 rings (SSSR count). The van der Waals surface area contributed by atoms with Crippen LogP contribution >= 0.6 is 12.2 Å². The predicted octanol–water partition coefficient (Wildman–Crippen LogP) is 5.20. The maximum absolute atomic E-state index is 10.9. The van der Waals surface area contributed by atoms with Crippen molar-refractivity contribution in [3.05, 3.63) is 89.0 Å². The molecule has 0 amide bonds. The van der Waals surface area contributed by atoms with E-state index in [1.807, 2.05) is 54.6 Å². The molecule has 0 aliphatic rings. The summed E-state index contributed by atoms with van der Waals surface area (Å²) in [5, 5.41) is 17.2. The van der Waals surface area contributed by atoms with Crippen LogP contribution in [0.1, 0.15) is 0 Å². The lowest BCUT2D eigenvalue weighted by Crippen LogP contribution is -2.19. The Balaban J connectivity index is 1.72. The molecule has 0 aromatic heterocycles. The number of anilines is 2. The highest BCUT2D eigenvalue weighted by molar-refractivity contribution is 7.80. The minimum atomic E-state index is -0.454. The van der Waals surface area contributed by atoms with Gasteiger partial charge in [-0.3, -0.25) is 10.1 Å². The number of non-ortho nitro benzene ring substituents is 1. The first-order valence-corrected chi connectivity index (χ1v) is 8.17. The van der Waals surface area contributed by atoms with Crippen molar-refractivity contribution in [2.45, 2.75) is 0 Å². The van der Waals surface area contributed by atoms with Gasteiger partial charge in [0.2, 0.25) is 0 Å². The second-order valence-corrected chi connectivity index (χ2v) is 5.71. The van der Waals surface area contributed by atoms with Crippen LogP contribution in [0.15, 0.2) is 78.9 Å². The summed E-state index contributed by atoms with van der Waals surface area (Å²) in [7, 11) is 0. The molecule has 0 bridgehead atoms. The van der Waals surface area contributed by atoms with Crippen LogP contribution in [0.5, 0.6) is 11.5 Å². The first-order chi connectivity index (χ1) is 12.6. The number of nitrogens with one attached hydrogen (secondary N) is 2. The maximum atomic E-state index is 10.9. The molecule has 130 valence electrons. The van der Waals surface area contributed by atoms with E-state index in [0.29, 0.717) is 28.0 Å². The topological polar surface area (TPSA) is 76.4 Å². The summed E-state index contributed by atoms with van der Waals surface area (Å²) in [6, 6.07) is 22.9. The number of para-hydroxylation sites is 3. The Kier molecular flexibility index (Phi) is 5.40. The van der Waals surface area contributed by atoms with Gasteiger partial charge >= 0.3 is 0 Å². The fourth-order valence-electron chi connectivity index (χ4n) is 2.26. The number of hydrogen-bond donors (Lipinski definition) is 2. The zero-order valence-corrected chi connectivity index (χ0v) is 14.4. The van der Waals surface area contributed by atoms with Gasteiger partial charge in [0.25, 0.3) is 5.69 Å². The summed E-state index contributed by atoms with van der Waals surface area (Å²) in [4.78, 5) is 10.4. The fraction of sp³-hybridized carbons (Fsp3) is 0. The molecule has 0 spiro atoms. The van der Waals surface area contributed by atoms with Crippen LogP contribution in [0.25, 0.3) is 0 Å². The number of benzene rings is 3. The Labute approximate surface area is 155 Å². The number of thiocarbonyl (C=S) groups is 1. The summed E-state index contributed by atoms with van der Waals surface area (Å²) in [5.41, 5.74) is 1.20. The van der Waals surface area contributed by atoms with E-state index in [-0.39, 0.29) is 5.69 Å². The van der Waals surface area contributed by atoms with E-state index in [9.17, 15) is 10.1 Å². The van der Waals surface area contributed by atoms with E-state index in [2.05, 4.69) is 10.6 Å². The fourth-order valence-corrected chi connectivity index (χ4v) is 2.48. The van der Waals surface area contributed by atoms with Crippen molar-refractivity contribution in [1.29, 1.82) is 0 Å². The smallest absolute Gasteiger partial charge is 0.271 e. The van der Waals surface area contributed by atoms with Gasteiger partial charge in [-0.2, -0.15) is 0 Å². The second kappa shape index (κ2) is 8.09. The molecular formula is C19H15N3O3S. The van der Waals surface area contributed by atoms with Crippen LogP contribution in [0.3, 0.4) is 0 Å². The Morgan fingerprint density at radius 3 is 2.42 bits per heavy atom. The number of nitro benzene ring substituents is 1. The van der Waals surface area contributed by atoms with Gasteiger partial charge in [0, 0.05) is 17.8 Å². The highest BCUT2D eigenvalue weighted by Gasteiger charge is 2.09. The minimum absolute atomic E-state index is 0.00869. The average Bonchev–Trinajstić information content (AvgIpc) is 2.64. The zero-order valence-electron chi connectivity index (χ0n) is 13.6. The maximum Gasteiger partial charge on any atom is 0.271 e. The molecule has 26 heavy (non-hydrogen) atoms. The molecule has 3 aromatic carbocycles. The molecule has 0 atom stereocenters. The molecular weight excluding hydrogens is 350 g/mol. The van der Waals surface area contributed by atoms with E-state index in [4.69, 9.17) is 17.0 Å². The Morgan fingerprint density at radius 2 is 1.65 bits per heavy atom. The number of nitro groups is 1. The van der Waals surface area contributed by atoms with Gasteiger partial charge in [-0.1, -0.05) is 36.4 Å². The van der Waals surface area contributed by atoms with Gasteiger partial charge in [-0.15, -0.1) is 0 Å². The molecule has 0 unspecified atom stereocenters. The minimum Gasteiger partial charge on any atom is -0.455 e. The standard InChI is InChI=1S/C19H15N3O3S/c23-22(24)15-8-6-7-14(13-15)20-19(26)21-17-11-4-5-12-18(17)25-16-9-2-1-3-10-16/h1-13H,(H2,20,21,26). The third-order valence-electron chi connectivity index (χ3n) is 3.42. The summed E-state index contributed by atoms with van der Waals surface area (Å²) in [5.74, 6) is 1.32. The molecule has 7 heteroatoms. The van der Waals surface area contributed by atoms with Crippen LogP contribution in [0, 0.1) is 10.1 Å². The van der Waals surface area contributed by atoms with Crippen molar-refractivity contribution < 1.29 is 9.66 Å². The lowest BCUT2D eigenvalue weighted by Gasteiger charge is -2.14. The number of ether oxygens (including phenoxy) is 1. The van der Waals surface area contributed by atoms with E-state index < -0.39 is 4.92 Å². The third kappa shape index (κ3) is 4.55. The molecule has 3 aromatic rings. The molecule has 0 aliphatic heterocycles. The normalized spacial score (nSPS) is 10.0. The molecule has 2 N–H and O–H groups in total. The van der Waals surface area contributed by atoms with Gasteiger partial charge in [0.05, 0.1) is 10.6 Å². The van der Waals surface area contributed by atoms with Gasteiger partial charge in [0.1, 0.15) is 5.75 Å². The van der Waals surface area contributed by atoms with Crippen molar-refractivity contribution in [2.75, 3.05) is 10.6 Å². The van der Waals surface area contributed by atoms with E-state index in [1.165, 1.54) is 12.1 Å². The average molecular weight is 365 g/mol. The summed E-state index contributed by atoms with van der Waals surface area (Å²) < 4.78 is 5.87.